The van der Waals surface area contributed by atoms with Gasteiger partial charge in [0.1, 0.15) is 0 Å². The first kappa shape index (κ1) is 19.9. The molecule has 6 heteroatoms. The number of piperidine rings is 1. The number of rotatable bonds is 8. The van der Waals surface area contributed by atoms with Gasteiger partial charge in [0.05, 0.1) is 12.1 Å². The van der Waals surface area contributed by atoms with Crippen molar-refractivity contribution in [2.75, 3.05) is 19.6 Å². The minimum absolute atomic E-state index is 0.0656. The molecule has 152 valence electrons. The molecule has 3 aromatic rings. The molecule has 2 aromatic heterocycles. The van der Waals surface area contributed by atoms with E-state index in [4.69, 9.17) is 0 Å². The van der Waals surface area contributed by atoms with E-state index < -0.39 is 0 Å². The normalized spacial score (nSPS) is 15.4. The van der Waals surface area contributed by atoms with Crippen LogP contribution < -0.4 is 5.32 Å². The summed E-state index contributed by atoms with van der Waals surface area (Å²) < 4.78 is 1.97. The van der Waals surface area contributed by atoms with Crippen LogP contribution in [0.4, 0.5) is 0 Å². The Kier molecular flexibility index (Phi) is 6.75. The van der Waals surface area contributed by atoms with Crippen molar-refractivity contribution in [3.63, 3.8) is 0 Å². The van der Waals surface area contributed by atoms with E-state index in [1.165, 1.54) is 18.4 Å². The molecule has 0 aliphatic carbocycles. The minimum atomic E-state index is 0.0656. The standard InChI is InChI=1S/C23H28N4OS/c28-22(16-21-18-29-23(25-21)27-12-4-5-13-27)24-11-8-19-9-14-26(15-10-19)17-20-6-2-1-3-7-20/h1-7,12-13,18-19H,8-11,14-17H2,(H,24,28). The van der Waals surface area contributed by atoms with Gasteiger partial charge in [0.2, 0.25) is 5.91 Å². The molecule has 0 saturated carbocycles. The maximum absolute atomic E-state index is 12.2. The number of carbonyl (C=O) groups is 1. The fourth-order valence-electron chi connectivity index (χ4n) is 3.88. The van der Waals surface area contributed by atoms with Crippen LogP contribution in [-0.2, 0) is 17.8 Å². The summed E-state index contributed by atoms with van der Waals surface area (Å²) in [7, 11) is 0. The highest BCUT2D eigenvalue weighted by Crippen LogP contribution is 2.21. The van der Waals surface area contributed by atoms with Gasteiger partial charge in [-0.1, -0.05) is 30.3 Å². The highest BCUT2D eigenvalue weighted by molar-refractivity contribution is 7.12. The predicted molar refractivity (Wildman–Crippen MR) is 117 cm³/mol. The molecule has 1 saturated heterocycles. The Morgan fingerprint density at radius 3 is 2.62 bits per heavy atom. The van der Waals surface area contributed by atoms with Crippen LogP contribution in [-0.4, -0.2) is 40.0 Å². The maximum atomic E-state index is 12.2. The number of aromatic nitrogens is 2. The first-order chi connectivity index (χ1) is 14.3. The number of hydrogen-bond donors (Lipinski definition) is 1. The highest BCUT2D eigenvalue weighted by atomic mass is 32.1. The van der Waals surface area contributed by atoms with Crippen molar-refractivity contribution >= 4 is 17.2 Å². The van der Waals surface area contributed by atoms with Crippen LogP contribution in [0.25, 0.3) is 5.13 Å². The zero-order chi connectivity index (χ0) is 19.9. The summed E-state index contributed by atoms with van der Waals surface area (Å²) >= 11 is 1.56. The molecule has 1 fully saturated rings. The van der Waals surface area contributed by atoms with Crippen LogP contribution in [0.1, 0.15) is 30.5 Å². The van der Waals surface area contributed by atoms with Crippen LogP contribution in [0.15, 0.2) is 60.2 Å². The lowest BCUT2D eigenvalue weighted by Crippen LogP contribution is -2.35. The van der Waals surface area contributed by atoms with Gasteiger partial charge in [-0.3, -0.25) is 9.69 Å². The monoisotopic (exact) mass is 408 g/mol. The maximum Gasteiger partial charge on any atom is 0.226 e. The molecule has 4 rings (SSSR count). The highest BCUT2D eigenvalue weighted by Gasteiger charge is 2.19. The van der Waals surface area contributed by atoms with Crippen LogP contribution in [0.5, 0.6) is 0 Å². The summed E-state index contributed by atoms with van der Waals surface area (Å²) in [6.07, 6.45) is 7.79. The van der Waals surface area contributed by atoms with Gasteiger partial charge < -0.3 is 9.88 Å². The molecule has 0 radical (unpaired) electrons. The van der Waals surface area contributed by atoms with Crippen LogP contribution >= 0.6 is 11.3 Å². The Bertz CT molecular complexity index is 883. The molecule has 0 spiro atoms. The fraction of sp³-hybridized carbons (Fsp3) is 0.391. The second-order valence-electron chi connectivity index (χ2n) is 7.73. The smallest absolute Gasteiger partial charge is 0.226 e. The third-order valence-electron chi connectivity index (χ3n) is 5.54. The van der Waals surface area contributed by atoms with Gasteiger partial charge in [0.25, 0.3) is 0 Å². The van der Waals surface area contributed by atoms with Gasteiger partial charge in [0.15, 0.2) is 5.13 Å². The number of benzene rings is 1. The van der Waals surface area contributed by atoms with Crippen LogP contribution in [0, 0.1) is 5.92 Å². The average molecular weight is 409 g/mol. The summed E-state index contributed by atoms with van der Waals surface area (Å²) in [5, 5.41) is 5.95. The predicted octanol–water partition coefficient (Wildman–Crippen LogP) is 3.89. The lowest BCUT2D eigenvalue weighted by Gasteiger charge is -2.32. The third-order valence-corrected chi connectivity index (χ3v) is 6.44. The second kappa shape index (κ2) is 9.85. The largest absolute Gasteiger partial charge is 0.356 e. The second-order valence-corrected chi connectivity index (χ2v) is 8.57. The lowest BCUT2D eigenvalue weighted by atomic mass is 9.93. The van der Waals surface area contributed by atoms with E-state index in [0.29, 0.717) is 12.3 Å². The van der Waals surface area contributed by atoms with E-state index in [9.17, 15) is 4.79 Å². The summed E-state index contributed by atoms with van der Waals surface area (Å²) in [4.78, 5) is 19.3. The number of amides is 1. The summed E-state index contributed by atoms with van der Waals surface area (Å²) in [6.45, 7) is 4.10. The molecule has 0 atom stereocenters. The van der Waals surface area contributed by atoms with Crippen LogP contribution in [0.3, 0.4) is 0 Å². The van der Waals surface area contributed by atoms with Gasteiger partial charge >= 0.3 is 0 Å². The molecule has 1 aliphatic rings. The summed E-state index contributed by atoms with van der Waals surface area (Å²) in [5.74, 6) is 0.776. The molecule has 1 N–H and O–H groups in total. The van der Waals surface area contributed by atoms with Crippen molar-refractivity contribution in [1.29, 1.82) is 0 Å². The number of likely N-dealkylation sites (tertiary alicyclic amines) is 1. The van der Waals surface area contributed by atoms with E-state index in [2.05, 4.69) is 45.5 Å². The van der Waals surface area contributed by atoms with E-state index in [0.717, 1.165) is 43.4 Å². The van der Waals surface area contributed by atoms with E-state index >= 15 is 0 Å². The topological polar surface area (TPSA) is 50.2 Å². The molecule has 1 amide bonds. The number of carbonyl (C=O) groups excluding carboxylic acids is 1. The van der Waals surface area contributed by atoms with E-state index in [-0.39, 0.29) is 5.91 Å². The molecule has 29 heavy (non-hydrogen) atoms. The number of nitrogens with one attached hydrogen (secondary N) is 1. The average Bonchev–Trinajstić information content (AvgIpc) is 3.42. The Hall–Kier alpha value is -2.44. The third kappa shape index (κ3) is 5.78. The summed E-state index contributed by atoms with van der Waals surface area (Å²) in [6, 6.07) is 14.6. The zero-order valence-corrected chi connectivity index (χ0v) is 17.5. The number of nitrogens with zero attached hydrogens (tertiary/aromatic N) is 3. The van der Waals surface area contributed by atoms with Crippen molar-refractivity contribution in [2.45, 2.75) is 32.2 Å². The van der Waals surface area contributed by atoms with Gasteiger partial charge in [0, 0.05) is 30.9 Å². The van der Waals surface area contributed by atoms with Crippen LogP contribution in [0.2, 0.25) is 0 Å². The van der Waals surface area contributed by atoms with Crippen molar-refractivity contribution in [1.82, 2.24) is 19.8 Å². The molecular formula is C23H28N4OS. The SMILES string of the molecule is O=C(Cc1csc(-n2cccc2)n1)NCCC1CCN(Cc2ccccc2)CC1. The molecule has 1 aliphatic heterocycles. The van der Waals surface area contributed by atoms with E-state index in [1.54, 1.807) is 11.3 Å². The quantitative estimate of drug-likeness (QED) is 0.615. The molecular weight excluding hydrogens is 380 g/mol. The number of thiazole rings is 1. The molecule has 3 heterocycles. The van der Waals surface area contributed by atoms with Crippen molar-refractivity contribution in [3.05, 3.63) is 71.5 Å². The van der Waals surface area contributed by atoms with Crippen molar-refractivity contribution in [3.8, 4) is 5.13 Å². The lowest BCUT2D eigenvalue weighted by molar-refractivity contribution is -0.120. The van der Waals surface area contributed by atoms with Gasteiger partial charge in [-0.05, 0) is 56.0 Å². The minimum Gasteiger partial charge on any atom is -0.356 e. The first-order valence-corrected chi connectivity index (χ1v) is 11.2. The number of hydrogen-bond acceptors (Lipinski definition) is 4. The van der Waals surface area contributed by atoms with Gasteiger partial charge in [-0.15, -0.1) is 11.3 Å². The van der Waals surface area contributed by atoms with Crippen molar-refractivity contribution in [2.24, 2.45) is 5.92 Å². The Morgan fingerprint density at radius 1 is 1.10 bits per heavy atom. The molecule has 5 nitrogen and oxygen atoms in total. The van der Waals surface area contributed by atoms with Gasteiger partial charge in [-0.25, -0.2) is 4.98 Å². The fourth-order valence-corrected chi connectivity index (χ4v) is 4.67. The Labute approximate surface area is 176 Å². The Balaban J connectivity index is 1.13. The molecule has 0 bridgehead atoms. The molecule has 1 aromatic carbocycles. The van der Waals surface area contributed by atoms with Gasteiger partial charge in [-0.2, -0.15) is 0 Å². The summed E-state index contributed by atoms with van der Waals surface area (Å²) in [5.41, 5.74) is 2.23. The molecule has 0 unspecified atom stereocenters. The van der Waals surface area contributed by atoms with E-state index in [1.807, 2.05) is 34.5 Å². The Morgan fingerprint density at radius 2 is 1.86 bits per heavy atom. The zero-order valence-electron chi connectivity index (χ0n) is 16.7. The van der Waals surface area contributed by atoms with Crippen molar-refractivity contribution < 1.29 is 4.79 Å². The first-order valence-electron chi connectivity index (χ1n) is 10.4.